The van der Waals surface area contributed by atoms with Gasteiger partial charge in [-0.05, 0) is 38.0 Å². The summed E-state index contributed by atoms with van der Waals surface area (Å²) in [5.41, 5.74) is 0.818. The molecule has 0 bridgehead atoms. The van der Waals surface area contributed by atoms with Gasteiger partial charge >= 0.3 is 0 Å². The highest BCUT2D eigenvalue weighted by Crippen LogP contribution is 2.30. The molecule has 1 amide bonds. The number of carbonyl (C=O) groups is 1. The van der Waals surface area contributed by atoms with Crippen molar-refractivity contribution in [1.29, 1.82) is 0 Å². The summed E-state index contributed by atoms with van der Waals surface area (Å²) in [7, 11) is 0. The Morgan fingerprint density at radius 1 is 1.38 bits per heavy atom. The molecule has 2 rings (SSSR count). The van der Waals surface area contributed by atoms with Gasteiger partial charge in [0, 0.05) is 18.7 Å². The molecule has 0 unspecified atom stereocenters. The van der Waals surface area contributed by atoms with Crippen LogP contribution in [0.3, 0.4) is 0 Å². The van der Waals surface area contributed by atoms with E-state index in [1.165, 1.54) is 12.8 Å². The van der Waals surface area contributed by atoms with Crippen LogP contribution in [-0.2, 0) is 4.79 Å². The molecule has 2 aliphatic rings. The average molecular weight is 179 g/mol. The van der Waals surface area contributed by atoms with Crippen LogP contribution >= 0.6 is 0 Å². The van der Waals surface area contributed by atoms with Crippen molar-refractivity contribution >= 4 is 5.91 Å². The zero-order valence-corrected chi connectivity index (χ0v) is 8.09. The first-order chi connectivity index (χ1) is 6.27. The summed E-state index contributed by atoms with van der Waals surface area (Å²) in [5, 5.41) is 0. The summed E-state index contributed by atoms with van der Waals surface area (Å²) in [6, 6.07) is 0. The highest BCUT2D eigenvalue weighted by Gasteiger charge is 2.28. The Hall–Kier alpha value is -0.790. The van der Waals surface area contributed by atoms with Crippen molar-refractivity contribution in [3.63, 3.8) is 0 Å². The molecular formula is C11H17NO. The molecule has 1 saturated heterocycles. The summed E-state index contributed by atoms with van der Waals surface area (Å²) in [6.07, 6.45) is 5.82. The maximum atomic E-state index is 11.7. The van der Waals surface area contributed by atoms with E-state index in [0.717, 1.165) is 43.8 Å². The standard InChI is InChI=1S/C11H17NO/c1-9-4-2-3-7-12(11(9)13)8-10-5-6-10/h10H,1-8H2. The quantitative estimate of drug-likeness (QED) is 0.593. The van der Waals surface area contributed by atoms with Gasteiger partial charge in [-0.1, -0.05) is 6.58 Å². The van der Waals surface area contributed by atoms with Crippen molar-refractivity contribution in [2.24, 2.45) is 5.92 Å². The lowest BCUT2D eigenvalue weighted by atomic mass is 10.1. The molecule has 2 nitrogen and oxygen atoms in total. The molecule has 1 aliphatic heterocycles. The molecule has 72 valence electrons. The van der Waals surface area contributed by atoms with Crippen molar-refractivity contribution in [3.8, 4) is 0 Å². The molecule has 0 aromatic heterocycles. The number of hydrogen-bond acceptors (Lipinski definition) is 1. The van der Waals surface area contributed by atoms with E-state index in [4.69, 9.17) is 0 Å². The first-order valence-corrected chi connectivity index (χ1v) is 5.24. The highest BCUT2D eigenvalue weighted by atomic mass is 16.2. The van der Waals surface area contributed by atoms with Gasteiger partial charge in [0.25, 0.3) is 0 Å². The normalized spacial score (nSPS) is 24.8. The summed E-state index contributed by atoms with van der Waals surface area (Å²) in [6.45, 7) is 5.78. The maximum absolute atomic E-state index is 11.7. The van der Waals surface area contributed by atoms with Crippen molar-refractivity contribution in [3.05, 3.63) is 12.2 Å². The van der Waals surface area contributed by atoms with Crippen molar-refractivity contribution in [1.82, 2.24) is 4.90 Å². The highest BCUT2D eigenvalue weighted by molar-refractivity contribution is 5.93. The van der Waals surface area contributed by atoms with Crippen LogP contribution in [0.25, 0.3) is 0 Å². The molecule has 0 aromatic carbocycles. The molecule has 0 atom stereocenters. The molecule has 0 aromatic rings. The second kappa shape index (κ2) is 3.52. The van der Waals surface area contributed by atoms with E-state index in [2.05, 4.69) is 6.58 Å². The Bertz CT molecular complexity index is 230. The van der Waals surface area contributed by atoms with Crippen LogP contribution in [0.5, 0.6) is 0 Å². The molecule has 1 saturated carbocycles. The monoisotopic (exact) mass is 179 g/mol. The zero-order chi connectivity index (χ0) is 9.26. The lowest BCUT2D eigenvalue weighted by molar-refractivity contribution is -0.127. The first-order valence-electron chi connectivity index (χ1n) is 5.24. The molecule has 1 heterocycles. The van der Waals surface area contributed by atoms with E-state index in [1.54, 1.807) is 0 Å². The Morgan fingerprint density at radius 3 is 2.85 bits per heavy atom. The smallest absolute Gasteiger partial charge is 0.249 e. The molecule has 0 spiro atoms. The molecule has 1 aliphatic carbocycles. The maximum Gasteiger partial charge on any atom is 0.249 e. The van der Waals surface area contributed by atoms with Crippen LogP contribution in [0, 0.1) is 5.92 Å². The Kier molecular flexibility index (Phi) is 2.38. The van der Waals surface area contributed by atoms with Gasteiger partial charge in [0.2, 0.25) is 5.91 Å². The zero-order valence-electron chi connectivity index (χ0n) is 8.09. The van der Waals surface area contributed by atoms with E-state index >= 15 is 0 Å². The predicted molar refractivity (Wildman–Crippen MR) is 52.3 cm³/mol. The third-order valence-electron chi connectivity index (χ3n) is 2.92. The molecule has 0 N–H and O–H groups in total. The molecule has 2 fully saturated rings. The van der Waals surface area contributed by atoms with Crippen LogP contribution in [-0.4, -0.2) is 23.9 Å². The minimum Gasteiger partial charge on any atom is -0.339 e. The van der Waals surface area contributed by atoms with Gasteiger partial charge in [0.15, 0.2) is 0 Å². The fraction of sp³-hybridized carbons (Fsp3) is 0.727. The number of amides is 1. The van der Waals surface area contributed by atoms with Gasteiger partial charge in [-0.15, -0.1) is 0 Å². The molecule has 0 radical (unpaired) electrons. The van der Waals surface area contributed by atoms with Crippen LogP contribution < -0.4 is 0 Å². The fourth-order valence-corrected chi connectivity index (χ4v) is 1.86. The number of nitrogens with zero attached hydrogens (tertiary/aromatic N) is 1. The minimum atomic E-state index is 0.212. The van der Waals surface area contributed by atoms with Gasteiger partial charge in [0.1, 0.15) is 0 Å². The average Bonchev–Trinajstić information content (AvgIpc) is 2.91. The second-order valence-electron chi connectivity index (χ2n) is 4.26. The number of carbonyl (C=O) groups excluding carboxylic acids is 1. The lowest BCUT2D eigenvalue weighted by Crippen LogP contribution is -2.33. The molecular weight excluding hydrogens is 162 g/mol. The summed E-state index contributed by atoms with van der Waals surface area (Å²) >= 11 is 0. The van der Waals surface area contributed by atoms with Crippen LogP contribution in [0.4, 0.5) is 0 Å². The SMILES string of the molecule is C=C1CCCCN(CC2CC2)C1=O. The summed E-state index contributed by atoms with van der Waals surface area (Å²) < 4.78 is 0. The lowest BCUT2D eigenvalue weighted by Gasteiger charge is -2.20. The molecule has 2 heteroatoms. The predicted octanol–water partition coefficient (Wildman–Crippen LogP) is 1.97. The first kappa shape index (κ1) is 8.79. The second-order valence-corrected chi connectivity index (χ2v) is 4.26. The van der Waals surface area contributed by atoms with Crippen molar-refractivity contribution in [2.45, 2.75) is 32.1 Å². The summed E-state index contributed by atoms with van der Waals surface area (Å²) in [4.78, 5) is 13.7. The van der Waals surface area contributed by atoms with Crippen LogP contribution in [0.2, 0.25) is 0 Å². The third-order valence-corrected chi connectivity index (χ3v) is 2.92. The Balaban J connectivity index is 1.96. The van der Waals surface area contributed by atoms with Gasteiger partial charge < -0.3 is 4.90 Å². The van der Waals surface area contributed by atoms with E-state index in [9.17, 15) is 4.79 Å². The van der Waals surface area contributed by atoms with Gasteiger partial charge in [0.05, 0.1) is 0 Å². The molecule has 13 heavy (non-hydrogen) atoms. The Morgan fingerprint density at radius 2 is 2.15 bits per heavy atom. The van der Waals surface area contributed by atoms with E-state index in [-0.39, 0.29) is 5.91 Å². The van der Waals surface area contributed by atoms with Crippen molar-refractivity contribution < 1.29 is 4.79 Å². The number of likely N-dealkylation sites (tertiary alicyclic amines) is 1. The largest absolute Gasteiger partial charge is 0.339 e. The van der Waals surface area contributed by atoms with Crippen LogP contribution in [0.15, 0.2) is 12.2 Å². The fourth-order valence-electron chi connectivity index (χ4n) is 1.86. The van der Waals surface area contributed by atoms with E-state index in [0.29, 0.717) is 0 Å². The van der Waals surface area contributed by atoms with E-state index in [1.807, 2.05) is 4.90 Å². The van der Waals surface area contributed by atoms with Gasteiger partial charge in [-0.3, -0.25) is 4.79 Å². The third kappa shape index (κ3) is 2.11. The van der Waals surface area contributed by atoms with E-state index < -0.39 is 0 Å². The minimum absolute atomic E-state index is 0.212. The topological polar surface area (TPSA) is 20.3 Å². The van der Waals surface area contributed by atoms with Gasteiger partial charge in [-0.2, -0.15) is 0 Å². The number of rotatable bonds is 2. The van der Waals surface area contributed by atoms with Gasteiger partial charge in [-0.25, -0.2) is 0 Å². The summed E-state index contributed by atoms with van der Waals surface area (Å²) in [5.74, 6) is 1.01. The van der Waals surface area contributed by atoms with Crippen molar-refractivity contribution in [2.75, 3.05) is 13.1 Å². The Labute approximate surface area is 79.6 Å². The van der Waals surface area contributed by atoms with Crippen LogP contribution in [0.1, 0.15) is 32.1 Å². The number of hydrogen-bond donors (Lipinski definition) is 0.